The molecule has 0 saturated carbocycles. The van der Waals surface area contributed by atoms with E-state index < -0.39 is 0 Å². The topological polar surface area (TPSA) is 88.6 Å². The maximum atomic E-state index is 12.1. The van der Waals surface area contributed by atoms with Gasteiger partial charge in [-0.15, -0.1) is 0 Å². The van der Waals surface area contributed by atoms with E-state index in [1.54, 1.807) is 35.9 Å². The molecule has 1 aromatic carbocycles. The predicted molar refractivity (Wildman–Crippen MR) is 82.5 cm³/mol. The lowest BCUT2D eigenvalue weighted by molar-refractivity contribution is 0.0954. The SMILES string of the molecule is Cc1c(/C=N/NC(=O)c2ccc3c(c2)OCO3)cc(C#N)n1C. The number of nitrogens with one attached hydrogen (secondary N) is 1. The van der Waals surface area contributed by atoms with Crippen molar-refractivity contribution in [3.8, 4) is 17.6 Å². The van der Waals surface area contributed by atoms with Gasteiger partial charge in [0, 0.05) is 23.9 Å². The van der Waals surface area contributed by atoms with Crippen molar-refractivity contribution >= 4 is 12.1 Å². The molecule has 0 fully saturated rings. The van der Waals surface area contributed by atoms with Crippen LogP contribution in [0.3, 0.4) is 0 Å². The Labute approximate surface area is 132 Å². The molecule has 0 radical (unpaired) electrons. The molecule has 3 rings (SSSR count). The Bertz CT molecular complexity index is 846. The number of hydrogen-bond acceptors (Lipinski definition) is 5. The summed E-state index contributed by atoms with van der Waals surface area (Å²) in [7, 11) is 1.80. The molecule has 0 aliphatic carbocycles. The summed E-state index contributed by atoms with van der Waals surface area (Å²) < 4.78 is 12.2. The van der Waals surface area contributed by atoms with Gasteiger partial charge in [-0.2, -0.15) is 10.4 Å². The van der Waals surface area contributed by atoms with Crippen molar-refractivity contribution in [1.82, 2.24) is 9.99 Å². The van der Waals surface area contributed by atoms with Gasteiger partial charge in [0.15, 0.2) is 11.5 Å². The first kappa shape index (κ1) is 14.7. The average molecular weight is 310 g/mol. The summed E-state index contributed by atoms with van der Waals surface area (Å²) in [6.45, 7) is 2.04. The van der Waals surface area contributed by atoms with Crippen LogP contribution in [-0.2, 0) is 7.05 Å². The largest absolute Gasteiger partial charge is 0.454 e. The van der Waals surface area contributed by atoms with Crippen LogP contribution in [0.1, 0.15) is 27.3 Å². The van der Waals surface area contributed by atoms with Gasteiger partial charge in [-0.25, -0.2) is 5.43 Å². The number of nitrogens with zero attached hydrogens (tertiary/aromatic N) is 3. The lowest BCUT2D eigenvalue weighted by Crippen LogP contribution is -2.17. The van der Waals surface area contributed by atoms with Gasteiger partial charge in [0.1, 0.15) is 11.8 Å². The van der Waals surface area contributed by atoms with E-state index in [-0.39, 0.29) is 12.7 Å². The highest BCUT2D eigenvalue weighted by molar-refractivity contribution is 5.95. The van der Waals surface area contributed by atoms with E-state index >= 15 is 0 Å². The van der Waals surface area contributed by atoms with Crippen molar-refractivity contribution < 1.29 is 14.3 Å². The summed E-state index contributed by atoms with van der Waals surface area (Å²) in [6, 6.07) is 8.73. The zero-order chi connectivity index (χ0) is 16.4. The van der Waals surface area contributed by atoms with Crippen molar-refractivity contribution in [2.45, 2.75) is 6.92 Å². The second kappa shape index (κ2) is 5.85. The van der Waals surface area contributed by atoms with Crippen LogP contribution in [0.5, 0.6) is 11.5 Å². The fourth-order valence-corrected chi connectivity index (χ4v) is 2.22. The van der Waals surface area contributed by atoms with Crippen molar-refractivity contribution in [2.24, 2.45) is 12.1 Å². The number of ether oxygens (including phenoxy) is 2. The molecule has 23 heavy (non-hydrogen) atoms. The number of nitriles is 1. The highest BCUT2D eigenvalue weighted by Gasteiger charge is 2.16. The molecular formula is C16H14N4O3. The quantitative estimate of drug-likeness (QED) is 0.690. The first-order chi connectivity index (χ1) is 11.1. The van der Waals surface area contributed by atoms with Gasteiger partial charge in [0.25, 0.3) is 5.91 Å². The Morgan fingerprint density at radius 3 is 2.91 bits per heavy atom. The van der Waals surface area contributed by atoms with E-state index in [4.69, 9.17) is 14.7 Å². The molecule has 1 aliphatic rings. The normalized spacial score (nSPS) is 12.4. The van der Waals surface area contributed by atoms with E-state index in [1.807, 2.05) is 6.92 Å². The minimum Gasteiger partial charge on any atom is -0.454 e. The minimum atomic E-state index is -0.353. The molecule has 1 aliphatic heterocycles. The fourth-order valence-electron chi connectivity index (χ4n) is 2.22. The van der Waals surface area contributed by atoms with E-state index in [1.165, 1.54) is 6.21 Å². The summed E-state index contributed by atoms with van der Waals surface area (Å²) in [5, 5.41) is 12.9. The van der Waals surface area contributed by atoms with Gasteiger partial charge in [-0.05, 0) is 31.2 Å². The summed E-state index contributed by atoms with van der Waals surface area (Å²) >= 11 is 0. The fraction of sp³-hybridized carbons (Fsp3) is 0.188. The van der Waals surface area contributed by atoms with Crippen LogP contribution in [0.4, 0.5) is 0 Å². The van der Waals surface area contributed by atoms with Gasteiger partial charge in [0.05, 0.1) is 6.21 Å². The van der Waals surface area contributed by atoms with Gasteiger partial charge in [-0.1, -0.05) is 0 Å². The van der Waals surface area contributed by atoms with Crippen LogP contribution >= 0.6 is 0 Å². The van der Waals surface area contributed by atoms with E-state index in [2.05, 4.69) is 16.6 Å². The monoisotopic (exact) mass is 310 g/mol. The number of aromatic nitrogens is 1. The van der Waals surface area contributed by atoms with Crippen LogP contribution in [0, 0.1) is 18.3 Å². The highest BCUT2D eigenvalue weighted by atomic mass is 16.7. The molecule has 1 amide bonds. The average Bonchev–Trinajstić information content (AvgIpc) is 3.13. The lowest BCUT2D eigenvalue weighted by atomic mass is 10.2. The van der Waals surface area contributed by atoms with Crippen molar-refractivity contribution in [1.29, 1.82) is 5.26 Å². The van der Waals surface area contributed by atoms with Crippen LogP contribution in [0.15, 0.2) is 29.4 Å². The number of carbonyl (C=O) groups excluding carboxylic acids is 1. The second-order valence-electron chi connectivity index (χ2n) is 5.01. The van der Waals surface area contributed by atoms with Crippen LogP contribution in [0.2, 0.25) is 0 Å². The van der Waals surface area contributed by atoms with Crippen molar-refractivity contribution in [3.63, 3.8) is 0 Å². The molecule has 0 saturated heterocycles. The second-order valence-corrected chi connectivity index (χ2v) is 5.01. The molecule has 0 atom stereocenters. The lowest BCUT2D eigenvalue weighted by Gasteiger charge is -2.01. The van der Waals surface area contributed by atoms with Gasteiger partial charge >= 0.3 is 0 Å². The minimum absolute atomic E-state index is 0.160. The molecule has 1 aromatic heterocycles. The molecule has 0 bridgehead atoms. The summed E-state index contributed by atoms with van der Waals surface area (Å²) in [5.74, 6) is 0.807. The van der Waals surface area contributed by atoms with E-state index in [9.17, 15) is 4.79 Å². The van der Waals surface area contributed by atoms with Crippen LogP contribution < -0.4 is 14.9 Å². The third-order valence-corrected chi connectivity index (χ3v) is 3.69. The molecule has 7 heteroatoms. The Hall–Kier alpha value is -3.27. The zero-order valence-corrected chi connectivity index (χ0v) is 12.7. The van der Waals surface area contributed by atoms with Crippen molar-refractivity contribution in [2.75, 3.05) is 6.79 Å². The third-order valence-electron chi connectivity index (χ3n) is 3.69. The highest BCUT2D eigenvalue weighted by Crippen LogP contribution is 2.32. The molecule has 2 heterocycles. The summed E-state index contributed by atoms with van der Waals surface area (Å²) in [4.78, 5) is 12.1. The number of fused-ring (bicyclic) bond motifs is 1. The number of hydrogen-bond donors (Lipinski definition) is 1. The molecule has 0 unspecified atom stereocenters. The van der Waals surface area contributed by atoms with Gasteiger partial charge in [0.2, 0.25) is 6.79 Å². The van der Waals surface area contributed by atoms with Gasteiger partial charge in [-0.3, -0.25) is 4.79 Å². The van der Waals surface area contributed by atoms with Crippen LogP contribution in [0.25, 0.3) is 0 Å². The summed E-state index contributed by atoms with van der Waals surface area (Å²) in [5.41, 5.74) is 5.08. The van der Waals surface area contributed by atoms with Crippen LogP contribution in [-0.4, -0.2) is 23.5 Å². The Morgan fingerprint density at radius 2 is 2.17 bits per heavy atom. The molecule has 0 spiro atoms. The molecular weight excluding hydrogens is 296 g/mol. The Balaban J connectivity index is 1.71. The maximum Gasteiger partial charge on any atom is 0.271 e. The molecule has 116 valence electrons. The van der Waals surface area contributed by atoms with Crippen molar-refractivity contribution in [3.05, 3.63) is 46.8 Å². The Kier molecular flexibility index (Phi) is 3.73. The maximum absolute atomic E-state index is 12.1. The molecule has 1 N–H and O–H groups in total. The van der Waals surface area contributed by atoms with E-state index in [0.29, 0.717) is 22.8 Å². The predicted octanol–water partition coefficient (Wildman–Crippen LogP) is 1.70. The number of hydrazone groups is 1. The smallest absolute Gasteiger partial charge is 0.271 e. The third kappa shape index (κ3) is 2.74. The number of amides is 1. The molecule has 7 nitrogen and oxygen atoms in total. The number of benzene rings is 1. The van der Waals surface area contributed by atoms with Gasteiger partial charge < -0.3 is 14.0 Å². The zero-order valence-electron chi connectivity index (χ0n) is 12.7. The number of rotatable bonds is 3. The first-order valence-corrected chi connectivity index (χ1v) is 6.89. The standard InChI is InChI=1S/C16H14N4O3/c1-10-12(5-13(7-17)20(10)2)8-18-19-16(21)11-3-4-14-15(6-11)23-9-22-14/h3-6,8H,9H2,1-2H3,(H,19,21)/b18-8+. The Morgan fingerprint density at radius 1 is 1.39 bits per heavy atom. The summed E-state index contributed by atoms with van der Waals surface area (Å²) in [6.07, 6.45) is 1.51. The first-order valence-electron chi connectivity index (χ1n) is 6.89. The number of carbonyl (C=O) groups is 1. The van der Waals surface area contributed by atoms with E-state index in [0.717, 1.165) is 11.3 Å². The molecule has 2 aromatic rings.